The van der Waals surface area contributed by atoms with Gasteiger partial charge in [0.15, 0.2) is 0 Å². The number of carbonyl (C=O) groups excluding carboxylic acids is 2. The lowest BCUT2D eigenvalue weighted by atomic mass is 9.98. The molecule has 2 aromatic carbocycles. The first-order valence-corrected chi connectivity index (χ1v) is 11.8. The van der Waals surface area contributed by atoms with Crippen molar-refractivity contribution in [3.8, 4) is 11.1 Å². The first kappa shape index (κ1) is 21.3. The van der Waals surface area contributed by atoms with Gasteiger partial charge >= 0.3 is 0 Å². The molecule has 33 heavy (non-hydrogen) atoms. The van der Waals surface area contributed by atoms with Gasteiger partial charge in [-0.2, -0.15) is 0 Å². The molecule has 7 nitrogen and oxygen atoms in total. The number of benzene rings is 2. The second-order valence-corrected chi connectivity index (χ2v) is 9.64. The molecule has 3 N–H and O–H groups in total. The number of hydrogen-bond donors (Lipinski definition) is 3. The molecule has 1 saturated carbocycles. The quantitative estimate of drug-likeness (QED) is 0.409. The number of amides is 2. The molecule has 0 saturated heterocycles. The summed E-state index contributed by atoms with van der Waals surface area (Å²) in [6.45, 7) is 3.82. The highest BCUT2D eigenvalue weighted by molar-refractivity contribution is 7.18. The van der Waals surface area contributed by atoms with E-state index in [-0.39, 0.29) is 30.0 Å². The van der Waals surface area contributed by atoms with Crippen molar-refractivity contribution in [3.63, 3.8) is 0 Å². The molecule has 0 radical (unpaired) electrons. The molecule has 168 valence electrons. The Bertz CT molecular complexity index is 1450. The third-order valence-electron chi connectivity index (χ3n) is 5.96. The lowest BCUT2D eigenvalue weighted by Gasteiger charge is -2.09. The predicted octanol–water partition coefficient (Wildman–Crippen LogP) is 3.61. The molecular formula is C25H24N4O3S. The Morgan fingerprint density at radius 1 is 1.21 bits per heavy atom. The van der Waals surface area contributed by atoms with E-state index in [9.17, 15) is 14.4 Å². The zero-order valence-corrected chi connectivity index (χ0v) is 19.2. The van der Waals surface area contributed by atoms with E-state index in [1.54, 1.807) is 13.1 Å². The lowest BCUT2D eigenvalue weighted by Crippen LogP contribution is -2.39. The molecule has 0 bridgehead atoms. The zero-order chi connectivity index (χ0) is 23.1. The lowest BCUT2D eigenvalue weighted by molar-refractivity contribution is -0.126. The normalized spacial score (nSPS) is 14.4. The number of H-pyrrole nitrogens is 1. The second kappa shape index (κ2) is 8.44. The van der Waals surface area contributed by atoms with Gasteiger partial charge in [-0.05, 0) is 79.1 Å². The van der Waals surface area contributed by atoms with Crippen molar-refractivity contribution >= 4 is 44.1 Å². The summed E-state index contributed by atoms with van der Waals surface area (Å²) in [6, 6.07) is 12.1. The van der Waals surface area contributed by atoms with Crippen LogP contribution in [0.3, 0.4) is 0 Å². The van der Waals surface area contributed by atoms with Gasteiger partial charge in [0, 0.05) is 17.6 Å². The fraction of sp³-hybridized carbons (Fsp3) is 0.280. The van der Waals surface area contributed by atoms with Crippen LogP contribution in [0.5, 0.6) is 0 Å². The highest BCUT2D eigenvalue weighted by Gasteiger charge is 2.24. The summed E-state index contributed by atoms with van der Waals surface area (Å²) < 4.78 is 0.989. The number of rotatable bonds is 6. The summed E-state index contributed by atoms with van der Waals surface area (Å²) >= 11 is 1.48. The number of aryl methyl sites for hydroxylation is 1. The van der Waals surface area contributed by atoms with Gasteiger partial charge in [0.05, 0.1) is 22.7 Å². The SMILES string of the molecule is Cc1cc2nc(C(C)C(=O)NCC(=O)NC3CC3)sc2cc1-c1ccc2c(=O)[nH]ccc2c1. The summed E-state index contributed by atoms with van der Waals surface area (Å²) in [5.41, 5.74) is 3.90. The van der Waals surface area contributed by atoms with Gasteiger partial charge in [-0.25, -0.2) is 4.98 Å². The van der Waals surface area contributed by atoms with Crippen LogP contribution in [-0.2, 0) is 9.59 Å². The average Bonchev–Trinajstić information content (AvgIpc) is 3.52. The second-order valence-electron chi connectivity index (χ2n) is 8.58. The number of hydrogen-bond acceptors (Lipinski definition) is 5. The summed E-state index contributed by atoms with van der Waals surface area (Å²) in [5.74, 6) is -0.816. The summed E-state index contributed by atoms with van der Waals surface area (Å²) in [7, 11) is 0. The molecule has 5 rings (SSSR count). The van der Waals surface area contributed by atoms with Crippen LogP contribution in [0.4, 0.5) is 0 Å². The summed E-state index contributed by atoms with van der Waals surface area (Å²) in [6.07, 6.45) is 3.68. The minimum absolute atomic E-state index is 0.0153. The van der Waals surface area contributed by atoms with E-state index in [0.717, 1.165) is 45.1 Å². The number of pyridine rings is 1. The molecule has 8 heteroatoms. The van der Waals surface area contributed by atoms with E-state index in [2.05, 4.69) is 26.7 Å². The van der Waals surface area contributed by atoms with Crippen LogP contribution in [0.1, 0.15) is 36.3 Å². The van der Waals surface area contributed by atoms with Crippen LogP contribution in [-0.4, -0.2) is 34.4 Å². The summed E-state index contributed by atoms with van der Waals surface area (Å²) in [4.78, 5) is 43.8. The van der Waals surface area contributed by atoms with Crippen molar-refractivity contribution < 1.29 is 9.59 Å². The summed E-state index contributed by atoms with van der Waals surface area (Å²) in [5, 5.41) is 7.84. The van der Waals surface area contributed by atoms with Gasteiger partial charge in [0.1, 0.15) is 5.01 Å². The number of aromatic nitrogens is 2. The Labute approximate surface area is 194 Å². The standard InChI is InChI=1S/C25H24N4O3S/c1-13-9-20-21(11-19(13)15-3-6-18-16(10-15)7-8-26-24(18)32)33-25(29-20)14(2)23(31)27-12-22(30)28-17-4-5-17/h3,6-11,14,17H,4-5,12H2,1-2H3,(H,26,32)(H,27,31)(H,28,30). The molecule has 0 spiro atoms. The molecule has 1 atom stereocenters. The minimum atomic E-state index is -0.452. The number of nitrogens with zero attached hydrogens (tertiary/aromatic N) is 1. The average molecular weight is 461 g/mol. The third-order valence-corrected chi connectivity index (χ3v) is 7.17. The van der Waals surface area contributed by atoms with E-state index in [1.165, 1.54) is 11.3 Å². The van der Waals surface area contributed by atoms with Gasteiger partial charge in [-0.1, -0.05) is 6.07 Å². The minimum Gasteiger partial charge on any atom is -0.352 e. The molecule has 2 aromatic heterocycles. The Morgan fingerprint density at radius 2 is 2.03 bits per heavy atom. The molecule has 4 aromatic rings. The van der Waals surface area contributed by atoms with E-state index in [1.807, 2.05) is 37.3 Å². The fourth-order valence-corrected chi connectivity index (χ4v) is 4.93. The molecule has 1 fully saturated rings. The maximum atomic E-state index is 12.6. The maximum absolute atomic E-state index is 12.6. The zero-order valence-electron chi connectivity index (χ0n) is 18.4. The largest absolute Gasteiger partial charge is 0.352 e. The first-order valence-electron chi connectivity index (χ1n) is 11.0. The molecular weight excluding hydrogens is 436 g/mol. The van der Waals surface area contributed by atoms with Crippen molar-refractivity contribution in [2.45, 2.75) is 38.6 Å². The van der Waals surface area contributed by atoms with Crippen LogP contribution < -0.4 is 16.2 Å². The highest BCUT2D eigenvalue weighted by atomic mass is 32.1. The molecule has 1 aliphatic rings. The van der Waals surface area contributed by atoms with Gasteiger partial charge in [-0.3, -0.25) is 14.4 Å². The van der Waals surface area contributed by atoms with Crippen molar-refractivity contribution in [2.75, 3.05) is 6.54 Å². The monoisotopic (exact) mass is 460 g/mol. The van der Waals surface area contributed by atoms with Gasteiger partial charge in [-0.15, -0.1) is 11.3 Å². The van der Waals surface area contributed by atoms with E-state index >= 15 is 0 Å². The highest BCUT2D eigenvalue weighted by Crippen LogP contribution is 2.34. The first-order chi connectivity index (χ1) is 15.9. The van der Waals surface area contributed by atoms with Crippen LogP contribution >= 0.6 is 11.3 Å². The molecule has 1 aliphatic carbocycles. The van der Waals surface area contributed by atoms with Crippen molar-refractivity contribution in [2.24, 2.45) is 0 Å². The van der Waals surface area contributed by atoms with Gasteiger partial charge < -0.3 is 15.6 Å². The van der Waals surface area contributed by atoms with Crippen LogP contribution in [0.2, 0.25) is 0 Å². The number of thiazole rings is 1. The molecule has 2 heterocycles. The topological polar surface area (TPSA) is 104 Å². The number of aromatic amines is 1. The smallest absolute Gasteiger partial charge is 0.255 e. The molecule has 0 aliphatic heterocycles. The van der Waals surface area contributed by atoms with Crippen molar-refractivity contribution in [1.29, 1.82) is 0 Å². The number of carbonyl (C=O) groups is 2. The number of nitrogens with one attached hydrogen (secondary N) is 3. The Balaban J connectivity index is 1.39. The Kier molecular flexibility index (Phi) is 5.46. The fourth-order valence-electron chi connectivity index (χ4n) is 3.89. The maximum Gasteiger partial charge on any atom is 0.255 e. The predicted molar refractivity (Wildman–Crippen MR) is 131 cm³/mol. The Morgan fingerprint density at radius 3 is 2.82 bits per heavy atom. The van der Waals surface area contributed by atoms with E-state index in [4.69, 9.17) is 0 Å². The van der Waals surface area contributed by atoms with Crippen LogP contribution in [0, 0.1) is 6.92 Å². The van der Waals surface area contributed by atoms with Crippen LogP contribution in [0.15, 0.2) is 47.4 Å². The third kappa shape index (κ3) is 4.39. The van der Waals surface area contributed by atoms with Gasteiger partial charge in [0.2, 0.25) is 11.8 Å². The van der Waals surface area contributed by atoms with E-state index in [0.29, 0.717) is 10.4 Å². The number of fused-ring (bicyclic) bond motifs is 2. The van der Waals surface area contributed by atoms with Crippen molar-refractivity contribution in [1.82, 2.24) is 20.6 Å². The molecule has 2 amide bonds. The van der Waals surface area contributed by atoms with E-state index < -0.39 is 5.92 Å². The molecule has 1 unspecified atom stereocenters. The van der Waals surface area contributed by atoms with Gasteiger partial charge in [0.25, 0.3) is 5.56 Å². The Hall–Kier alpha value is -3.52. The van der Waals surface area contributed by atoms with Crippen molar-refractivity contribution in [3.05, 3.63) is 63.5 Å². The van der Waals surface area contributed by atoms with Crippen LogP contribution in [0.25, 0.3) is 32.1 Å².